The Hall–Kier alpha value is -3.93. The van der Waals surface area contributed by atoms with Gasteiger partial charge < -0.3 is 14.2 Å². The van der Waals surface area contributed by atoms with Gasteiger partial charge in [0.1, 0.15) is 13.2 Å². The first-order chi connectivity index (χ1) is 32.5. The van der Waals surface area contributed by atoms with E-state index in [-0.39, 0.29) is 37.5 Å². The zero-order valence-electron chi connectivity index (χ0n) is 42.7. The highest BCUT2D eigenvalue weighted by Crippen LogP contribution is 2.13. The fourth-order valence-corrected chi connectivity index (χ4v) is 7.02. The minimum Gasteiger partial charge on any atom is -0.462 e. The molecule has 0 saturated heterocycles. The Bertz CT molecular complexity index is 1370. The number of allylic oxidation sites excluding steroid dienone is 18. The van der Waals surface area contributed by atoms with Crippen LogP contribution in [-0.4, -0.2) is 37.2 Å². The molecule has 0 amide bonds. The molecule has 1 unspecified atom stereocenters. The topological polar surface area (TPSA) is 78.9 Å². The summed E-state index contributed by atoms with van der Waals surface area (Å²) in [6, 6.07) is 0. The normalized spacial score (nSPS) is 13.0. The van der Waals surface area contributed by atoms with Crippen LogP contribution in [0.4, 0.5) is 0 Å². The highest BCUT2D eigenvalue weighted by atomic mass is 16.6. The van der Waals surface area contributed by atoms with Gasteiger partial charge in [-0.3, -0.25) is 14.4 Å². The van der Waals surface area contributed by atoms with Crippen LogP contribution >= 0.6 is 0 Å². The summed E-state index contributed by atoms with van der Waals surface area (Å²) < 4.78 is 16.8. The van der Waals surface area contributed by atoms with Gasteiger partial charge in [-0.15, -0.1) is 0 Å². The van der Waals surface area contributed by atoms with Crippen molar-refractivity contribution in [3.63, 3.8) is 0 Å². The van der Waals surface area contributed by atoms with E-state index >= 15 is 0 Å². The van der Waals surface area contributed by atoms with E-state index in [4.69, 9.17) is 14.2 Å². The summed E-state index contributed by atoms with van der Waals surface area (Å²) in [7, 11) is 0. The summed E-state index contributed by atoms with van der Waals surface area (Å²) in [5.41, 5.74) is 0. The van der Waals surface area contributed by atoms with Gasteiger partial charge in [0, 0.05) is 19.3 Å². The van der Waals surface area contributed by atoms with Gasteiger partial charge in [-0.05, 0) is 116 Å². The molecule has 0 spiro atoms. The maximum Gasteiger partial charge on any atom is 0.306 e. The zero-order valence-corrected chi connectivity index (χ0v) is 42.7. The van der Waals surface area contributed by atoms with Crippen LogP contribution < -0.4 is 0 Å². The van der Waals surface area contributed by atoms with E-state index in [0.717, 1.165) is 128 Å². The lowest BCUT2D eigenvalue weighted by Gasteiger charge is -2.18. The van der Waals surface area contributed by atoms with Crippen molar-refractivity contribution in [1.82, 2.24) is 0 Å². The molecule has 0 aromatic heterocycles. The second-order valence-corrected chi connectivity index (χ2v) is 17.4. The summed E-state index contributed by atoms with van der Waals surface area (Å²) in [6.07, 6.45) is 72.2. The lowest BCUT2D eigenvalue weighted by molar-refractivity contribution is -0.167. The van der Waals surface area contributed by atoms with E-state index in [1.807, 2.05) is 0 Å². The number of hydrogen-bond donors (Lipinski definition) is 0. The van der Waals surface area contributed by atoms with Crippen molar-refractivity contribution in [2.24, 2.45) is 0 Å². The zero-order chi connectivity index (χ0) is 47.9. The van der Waals surface area contributed by atoms with Gasteiger partial charge in [-0.1, -0.05) is 207 Å². The van der Waals surface area contributed by atoms with Crippen LogP contribution in [0.15, 0.2) is 109 Å². The van der Waals surface area contributed by atoms with Crippen LogP contribution in [0.1, 0.15) is 233 Å². The molecule has 0 N–H and O–H groups in total. The smallest absolute Gasteiger partial charge is 0.306 e. The molecule has 0 aliphatic rings. The first-order valence-corrected chi connectivity index (χ1v) is 26.9. The molecule has 0 radical (unpaired) electrons. The van der Waals surface area contributed by atoms with Crippen molar-refractivity contribution in [1.29, 1.82) is 0 Å². The van der Waals surface area contributed by atoms with Gasteiger partial charge in [0.2, 0.25) is 0 Å². The quantitative estimate of drug-likeness (QED) is 0.0262. The Balaban J connectivity index is 4.53. The van der Waals surface area contributed by atoms with Crippen molar-refractivity contribution in [3.8, 4) is 0 Å². The molecule has 66 heavy (non-hydrogen) atoms. The summed E-state index contributed by atoms with van der Waals surface area (Å²) >= 11 is 0. The highest BCUT2D eigenvalue weighted by Gasteiger charge is 2.19. The average molecular weight is 915 g/mol. The molecule has 6 heteroatoms. The molecular formula is C60H98O6. The van der Waals surface area contributed by atoms with E-state index in [9.17, 15) is 14.4 Å². The van der Waals surface area contributed by atoms with E-state index in [1.165, 1.54) is 57.8 Å². The largest absolute Gasteiger partial charge is 0.462 e. The van der Waals surface area contributed by atoms with Gasteiger partial charge in [0.05, 0.1) is 0 Å². The summed E-state index contributed by atoms with van der Waals surface area (Å²) in [5, 5.41) is 0. The van der Waals surface area contributed by atoms with Gasteiger partial charge in [-0.25, -0.2) is 0 Å². The standard InChI is InChI=1S/C60H98O6/c1-4-7-10-13-16-19-22-25-28-30-33-35-38-41-44-47-50-53-59(62)65-56-57(55-64-58(61)52-49-46-43-40-37-34-31-27-24-21-18-15-12-9-6-3)66-60(63)54-51-48-45-42-39-36-32-29-26-23-20-17-14-11-8-5-2/h7,9-10,12,16,18-19,21,25,27-29,31-33,35,41,44,57H,4-6,8,11,13-15,17,20,22-24,26,30,34,36-40,42-43,45-56H2,1-3H3/b10-7-,12-9-,19-16-,21-18-,28-25-,31-27-,32-29-,35-33-,44-41-. The summed E-state index contributed by atoms with van der Waals surface area (Å²) in [5.74, 6) is -0.997. The minimum absolute atomic E-state index is 0.110. The third-order valence-electron chi connectivity index (χ3n) is 11.0. The van der Waals surface area contributed by atoms with Crippen molar-refractivity contribution in [2.75, 3.05) is 13.2 Å². The molecule has 0 bridgehead atoms. The van der Waals surface area contributed by atoms with Gasteiger partial charge >= 0.3 is 17.9 Å². The van der Waals surface area contributed by atoms with Crippen molar-refractivity contribution >= 4 is 17.9 Å². The number of ether oxygens (including phenoxy) is 3. The highest BCUT2D eigenvalue weighted by molar-refractivity contribution is 5.71. The fraction of sp³-hybridized carbons (Fsp3) is 0.650. The van der Waals surface area contributed by atoms with E-state index in [0.29, 0.717) is 19.3 Å². The molecular weight excluding hydrogens is 817 g/mol. The molecule has 1 atom stereocenters. The lowest BCUT2D eigenvalue weighted by Crippen LogP contribution is -2.30. The fourth-order valence-electron chi connectivity index (χ4n) is 7.02. The Morgan fingerprint density at radius 3 is 1.00 bits per heavy atom. The number of hydrogen-bond acceptors (Lipinski definition) is 6. The minimum atomic E-state index is -0.814. The Morgan fingerprint density at radius 1 is 0.318 bits per heavy atom. The van der Waals surface area contributed by atoms with E-state index in [2.05, 4.69) is 130 Å². The first-order valence-electron chi connectivity index (χ1n) is 26.9. The lowest BCUT2D eigenvalue weighted by atomic mass is 10.1. The third kappa shape index (κ3) is 51.1. The monoisotopic (exact) mass is 915 g/mol. The SMILES string of the molecule is CC/C=C\C/C=C\C/C=C\C/C=C\C/C=C\CCCC(=O)OCC(COC(=O)CCCCCCC/C=C\C/C=C\C/C=C\CC)OC(=O)CCCCCCC/C=C\CCCCCCCCC. The predicted molar refractivity (Wildman–Crippen MR) is 283 cm³/mol. The van der Waals surface area contributed by atoms with Crippen LogP contribution in [0.2, 0.25) is 0 Å². The number of rotatable bonds is 47. The average Bonchev–Trinajstić information content (AvgIpc) is 3.31. The molecule has 0 aliphatic heterocycles. The van der Waals surface area contributed by atoms with E-state index < -0.39 is 6.10 Å². The van der Waals surface area contributed by atoms with Crippen LogP contribution in [-0.2, 0) is 28.6 Å². The van der Waals surface area contributed by atoms with Crippen molar-refractivity contribution < 1.29 is 28.6 Å². The second-order valence-electron chi connectivity index (χ2n) is 17.4. The van der Waals surface area contributed by atoms with Crippen LogP contribution in [0.3, 0.4) is 0 Å². The van der Waals surface area contributed by atoms with E-state index in [1.54, 1.807) is 0 Å². The summed E-state index contributed by atoms with van der Waals surface area (Å²) in [4.78, 5) is 38.0. The third-order valence-corrected chi connectivity index (χ3v) is 11.0. The molecule has 0 aliphatic carbocycles. The molecule has 0 aromatic rings. The number of esters is 3. The Kier molecular flexibility index (Phi) is 50.5. The summed E-state index contributed by atoms with van der Waals surface area (Å²) in [6.45, 7) is 6.33. The molecule has 0 saturated carbocycles. The maximum atomic E-state index is 12.8. The van der Waals surface area contributed by atoms with Crippen molar-refractivity contribution in [2.45, 2.75) is 239 Å². The van der Waals surface area contributed by atoms with Gasteiger partial charge in [0.15, 0.2) is 6.10 Å². The van der Waals surface area contributed by atoms with Crippen molar-refractivity contribution in [3.05, 3.63) is 109 Å². The number of carbonyl (C=O) groups excluding carboxylic acids is 3. The van der Waals surface area contributed by atoms with Crippen LogP contribution in [0.5, 0.6) is 0 Å². The maximum absolute atomic E-state index is 12.8. The molecule has 6 nitrogen and oxygen atoms in total. The Labute approximate surface area is 406 Å². The van der Waals surface area contributed by atoms with Crippen LogP contribution in [0, 0.1) is 0 Å². The molecule has 0 fully saturated rings. The number of carbonyl (C=O) groups is 3. The van der Waals surface area contributed by atoms with Gasteiger partial charge in [-0.2, -0.15) is 0 Å². The first kappa shape index (κ1) is 62.1. The molecule has 0 aromatic carbocycles. The Morgan fingerprint density at radius 2 is 0.606 bits per heavy atom. The predicted octanol–water partition coefficient (Wildman–Crippen LogP) is 17.9. The van der Waals surface area contributed by atoms with Gasteiger partial charge in [0.25, 0.3) is 0 Å². The molecule has 0 heterocycles. The molecule has 374 valence electrons. The number of unbranched alkanes of at least 4 members (excludes halogenated alkanes) is 18. The second kappa shape index (κ2) is 53.7. The van der Waals surface area contributed by atoms with Crippen LogP contribution in [0.25, 0.3) is 0 Å². The molecule has 0 rings (SSSR count).